The Kier molecular flexibility index (Phi) is 6.14. The van der Waals surface area contributed by atoms with E-state index in [0.29, 0.717) is 6.54 Å². The van der Waals surface area contributed by atoms with E-state index in [-0.39, 0.29) is 5.91 Å². The summed E-state index contributed by atoms with van der Waals surface area (Å²) in [6.45, 7) is 9.06. The lowest BCUT2D eigenvalue weighted by molar-refractivity contribution is -0.127. The van der Waals surface area contributed by atoms with Gasteiger partial charge in [0.1, 0.15) is 5.76 Å². The second-order valence-corrected chi connectivity index (χ2v) is 7.78. The van der Waals surface area contributed by atoms with Crippen molar-refractivity contribution in [2.75, 3.05) is 26.2 Å². The summed E-state index contributed by atoms with van der Waals surface area (Å²) < 4.78 is 7.68. The van der Waals surface area contributed by atoms with Crippen LogP contribution in [-0.2, 0) is 17.9 Å². The van der Waals surface area contributed by atoms with E-state index in [1.165, 1.54) is 5.56 Å². The van der Waals surface area contributed by atoms with Crippen LogP contribution in [0.3, 0.4) is 0 Å². The smallest absolute Gasteiger partial charge is 0.246 e. The molecule has 1 fully saturated rings. The zero-order chi connectivity index (χ0) is 20.9. The molecule has 0 unspecified atom stereocenters. The SMILES string of the molecule is Cc1cc(/C=C/C(=O)N2CCN(Cc3ccncc3)CC2)c(C)n1Cc1ccco1. The molecule has 0 bridgehead atoms. The van der Waals surface area contributed by atoms with E-state index in [4.69, 9.17) is 4.42 Å². The molecule has 1 aliphatic rings. The third-order valence-corrected chi connectivity index (χ3v) is 5.75. The first-order valence-corrected chi connectivity index (χ1v) is 10.4. The number of aromatic nitrogens is 2. The van der Waals surface area contributed by atoms with Crippen LogP contribution in [0.25, 0.3) is 6.08 Å². The lowest BCUT2D eigenvalue weighted by Gasteiger charge is -2.34. The van der Waals surface area contributed by atoms with Crippen LogP contribution >= 0.6 is 0 Å². The van der Waals surface area contributed by atoms with E-state index in [2.05, 4.69) is 34.4 Å². The van der Waals surface area contributed by atoms with Gasteiger partial charge in [-0.2, -0.15) is 0 Å². The molecule has 6 nitrogen and oxygen atoms in total. The predicted octanol–water partition coefficient (Wildman–Crippen LogP) is 3.50. The lowest BCUT2D eigenvalue weighted by atomic mass is 10.2. The van der Waals surface area contributed by atoms with Gasteiger partial charge in [-0.3, -0.25) is 14.7 Å². The molecule has 0 radical (unpaired) electrons. The quantitative estimate of drug-likeness (QED) is 0.590. The van der Waals surface area contributed by atoms with Gasteiger partial charge in [-0.05, 0) is 61.4 Å². The van der Waals surface area contributed by atoms with Gasteiger partial charge in [-0.15, -0.1) is 0 Å². The summed E-state index contributed by atoms with van der Waals surface area (Å²) in [5, 5.41) is 0. The molecule has 3 aromatic heterocycles. The number of aryl methyl sites for hydroxylation is 1. The summed E-state index contributed by atoms with van der Waals surface area (Å²) in [7, 11) is 0. The van der Waals surface area contributed by atoms with E-state index in [9.17, 15) is 4.79 Å². The fraction of sp³-hybridized carbons (Fsp3) is 0.333. The first-order chi connectivity index (χ1) is 14.6. The Balaban J connectivity index is 1.33. The largest absolute Gasteiger partial charge is 0.467 e. The minimum Gasteiger partial charge on any atom is -0.467 e. The highest BCUT2D eigenvalue weighted by Gasteiger charge is 2.19. The molecule has 6 heteroatoms. The van der Waals surface area contributed by atoms with Crippen molar-refractivity contribution < 1.29 is 9.21 Å². The van der Waals surface area contributed by atoms with E-state index >= 15 is 0 Å². The second-order valence-electron chi connectivity index (χ2n) is 7.78. The van der Waals surface area contributed by atoms with Gasteiger partial charge in [-0.25, -0.2) is 0 Å². The average Bonchev–Trinajstić information content (AvgIpc) is 3.37. The maximum atomic E-state index is 12.7. The second kappa shape index (κ2) is 9.13. The Bertz CT molecular complexity index is 998. The number of rotatable bonds is 6. The van der Waals surface area contributed by atoms with E-state index in [1.54, 1.807) is 12.3 Å². The Hall–Kier alpha value is -3.12. The Morgan fingerprint density at radius 3 is 2.57 bits per heavy atom. The summed E-state index contributed by atoms with van der Waals surface area (Å²) in [4.78, 5) is 21.1. The molecule has 4 heterocycles. The topological polar surface area (TPSA) is 54.5 Å². The van der Waals surface area contributed by atoms with Crippen LogP contribution in [0.15, 0.2) is 59.5 Å². The number of carbonyl (C=O) groups is 1. The summed E-state index contributed by atoms with van der Waals surface area (Å²) in [6, 6.07) is 10.1. The van der Waals surface area contributed by atoms with E-state index in [0.717, 1.165) is 55.4 Å². The van der Waals surface area contributed by atoms with E-state index < -0.39 is 0 Å². The predicted molar refractivity (Wildman–Crippen MR) is 117 cm³/mol. The van der Waals surface area contributed by atoms with E-state index in [1.807, 2.05) is 47.6 Å². The molecule has 1 amide bonds. The molecule has 3 aromatic rings. The summed E-state index contributed by atoms with van der Waals surface area (Å²) >= 11 is 0. The average molecular weight is 405 g/mol. The first kappa shape index (κ1) is 20.2. The molecule has 30 heavy (non-hydrogen) atoms. The van der Waals surface area contributed by atoms with Gasteiger partial charge in [0.2, 0.25) is 5.91 Å². The fourth-order valence-electron chi connectivity index (χ4n) is 3.94. The van der Waals surface area contributed by atoms with Crippen molar-refractivity contribution >= 4 is 12.0 Å². The molecule has 0 atom stereocenters. The van der Waals surface area contributed by atoms with Crippen LogP contribution in [0.1, 0.15) is 28.3 Å². The monoisotopic (exact) mass is 404 g/mol. The van der Waals surface area contributed by atoms with Gasteiger partial charge in [0.05, 0.1) is 12.8 Å². The first-order valence-electron chi connectivity index (χ1n) is 10.4. The number of hydrogen-bond acceptors (Lipinski definition) is 4. The minimum atomic E-state index is 0.0781. The van der Waals surface area contributed by atoms with Gasteiger partial charge >= 0.3 is 0 Å². The van der Waals surface area contributed by atoms with Crippen LogP contribution in [0.4, 0.5) is 0 Å². The molecule has 0 aromatic carbocycles. The number of piperazine rings is 1. The third kappa shape index (κ3) is 4.71. The molecular formula is C24H28N4O2. The zero-order valence-corrected chi connectivity index (χ0v) is 17.6. The van der Waals surface area contributed by atoms with Crippen LogP contribution in [0.2, 0.25) is 0 Å². The van der Waals surface area contributed by atoms with Crippen molar-refractivity contribution in [2.45, 2.75) is 26.9 Å². The molecule has 0 N–H and O–H groups in total. The van der Waals surface area contributed by atoms with Gasteiger partial charge in [0.25, 0.3) is 0 Å². The zero-order valence-electron chi connectivity index (χ0n) is 17.6. The van der Waals surface area contributed by atoms with Crippen molar-refractivity contribution in [2.24, 2.45) is 0 Å². The van der Waals surface area contributed by atoms with Gasteiger partial charge in [0, 0.05) is 62.6 Å². The minimum absolute atomic E-state index is 0.0781. The van der Waals surface area contributed by atoms with Crippen molar-refractivity contribution in [1.29, 1.82) is 0 Å². The summed E-state index contributed by atoms with van der Waals surface area (Å²) in [6.07, 6.45) is 8.99. The maximum absolute atomic E-state index is 12.7. The molecule has 156 valence electrons. The maximum Gasteiger partial charge on any atom is 0.246 e. The van der Waals surface area contributed by atoms with Crippen molar-refractivity contribution in [3.05, 3.63) is 83.3 Å². The lowest BCUT2D eigenvalue weighted by Crippen LogP contribution is -2.47. The standard InChI is InChI=1S/C24H28N4O2/c1-19-16-22(20(2)28(19)18-23-4-3-15-30-23)5-6-24(29)27-13-11-26(12-14-27)17-21-7-9-25-10-8-21/h3-10,15-16H,11-14,17-18H2,1-2H3/b6-5+. The number of amides is 1. The molecular weight excluding hydrogens is 376 g/mol. The molecule has 0 saturated carbocycles. The number of furan rings is 1. The number of pyridine rings is 1. The Morgan fingerprint density at radius 1 is 1.10 bits per heavy atom. The van der Waals surface area contributed by atoms with Crippen molar-refractivity contribution in [3.63, 3.8) is 0 Å². The van der Waals surface area contributed by atoms with Gasteiger partial charge in [-0.1, -0.05) is 0 Å². The van der Waals surface area contributed by atoms with Crippen LogP contribution in [0.5, 0.6) is 0 Å². The summed E-state index contributed by atoms with van der Waals surface area (Å²) in [5.74, 6) is 1.00. The highest BCUT2D eigenvalue weighted by molar-refractivity contribution is 5.92. The molecule has 1 aliphatic heterocycles. The Labute approximate surface area is 177 Å². The number of hydrogen-bond donors (Lipinski definition) is 0. The number of nitrogens with zero attached hydrogens (tertiary/aromatic N) is 4. The third-order valence-electron chi connectivity index (χ3n) is 5.75. The van der Waals surface area contributed by atoms with Gasteiger partial charge in [0.15, 0.2) is 0 Å². The number of carbonyl (C=O) groups excluding carboxylic acids is 1. The van der Waals surface area contributed by atoms with Crippen molar-refractivity contribution in [1.82, 2.24) is 19.4 Å². The fourth-order valence-corrected chi connectivity index (χ4v) is 3.94. The molecule has 4 rings (SSSR count). The summed E-state index contributed by atoms with van der Waals surface area (Å²) in [5.41, 5.74) is 4.62. The normalized spacial score (nSPS) is 15.2. The van der Waals surface area contributed by atoms with Crippen molar-refractivity contribution in [3.8, 4) is 0 Å². The molecule has 0 spiro atoms. The highest BCUT2D eigenvalue weighted by Crippen LogP contribution is 2.19. The Morgan fingerprint density at radius 2 is 1.87 bits per heavy atom. The molecule has 0 aliphatic carbocycles. The van der Waals surface area contributed by atoms with Crippen LogP contribution in [-0.4, -0.2) is 51.4 Å². The van der Waals surface area contributed by atoms with Crippen LogP contribution in [0, 0.1) is 13.8 Å². The molecule has 1 saturated heterocycles. The van der Waals surface area contributed by atoms with Crippen LogP contribution < -0.4 is 0 Å². The van der Waals surface area contributed by atoms with Gasteiger partial charge < -0.3 is 13.9 Å². The highest BCUT2D eigenvalue weighted by atomic mass is 16.3.